The average molecular weight is 751 g/mol. The van der Waals surface area contributed by atoms with Gasteiger partial charge in [-0.3, -0.25) is 9.59 Å². The van der Waals surface area contributed by atoms with Crippen molar-refractivity contribution in [2.45, 2.75) is 67.9 Å². The third-order valence-electron chi connectivity index (χ3n) is 7.27. The van der Waals surface area contributed by atoms with Crippen LogP contribution in [0.3, 0.4) is 0 Å². The molecule has 3 aromatic carbocycles. The second kappa shape index (κ2) is 13.3. The van der Waals surface area contributed by atoms with Crippen LogP contribution < -0.4 is 5.32 Å². The number of carbonyl (C=O) groups excluding carboxylic acids is 2. The third-order valence-corrected chi connectivity index (χ3v) is 9.63. The number of nitrogens with one attached hydrogen (secondary N) is 1. The Morgan fingerprint density at radius 1 is 1.00 bits per heavy atom. The van der Waals surface area contributed by atoms with Crippen molar-refractivity contribution in [3.05, 3.63) is 97.6 Å². The molecular weight excluding hydrogens is 721 g/mol. The Morgan fingerprint density at radius 2 is 1.61 bits per heavy atom. The van der Waals surface area contributed by atoms with Crippen molar-refractivity contribution in [1.29, 1.82) is 0 Å². The molecule has 0 aromatic heterocycles. The Hall–Kier alpha value is -2.78. The number of thioether (sulfide) groups is 1. The molecule has 1 saturated heterocycles. The first-order valence-corrected chi connectivity index (χ1v) is 15.5. The minimum atomic E-state index is -5.06. The fourth-order valence-electron chi connectivity index (χ4n) is 5.16. The number of aryl methyl sites for hydroxylation is 1. The zero-order valence-corrected chi connectivity index (χ0v) is 26.6. The molecule has 0 bridgehead atoms. The minimum absolute atomic E-state index is 0.0407. The van der Waals surface area contributed by atoms with Crippen molar-refractivity contribution in [2.75, 3.05) is 6.54 Å². The van der Waals surface area contributed by atoms with E-state index in [0.717, 1.165) is 17.3 Å². The molecule has 1 heterocycles. The zero-order valence-electron chi connectivity index (χ0n) is 23.7. The van der Waals surface area contributed by atoms with E-state index in [1.54, 1.807) is 30.3 Å². The van der Waals surface area contributed by atoms with E-state index >= 15 is 0 Å². The summed E-state index contributed by atoms with van der Waals surface area (Å²) < 4.78 is 81.1. The molecule has 0 spiro atoms. The summed E-state index contributed by atoms with van der Waals surface area (Å²) in [4.78, 5) is 29.8. The second-order valence-corrected chi connectivity index (χ2v) is 13.2. The van der Waals surface area contributed by atoms with Crippen molar-refractivity contribution >= 4 is 46.2 Å². The van der Waals surface area contributed by atoms with Crippen LogP contribution in [0.1, 0.15) is 59.2 Å². The van der Waals surface area contributed by atoms with Crippen LogP contribution in [0.25, 0.3) is 0 Å². The highest BCUT2D eigenvalue weighted by Gasteiger charge is 2.58. The number of rotatable bonds is 9. The molecule has 1 aliphatic heterocycles. The van der Waals surface area contributed by atoms with Crippen LogP contribution in [-0.2, 0) is 35.1 Å². The molecule has 2 N–H and O–H groups in total. The number of aliphatic hydroxyl groups excluding tert-OH is 1. The summed E-state index contributed by atoms with van der Waals surface area (Å²) in [6, 6.07) is 12.3. The van der Waals surface area contributed by atoms with Crippen LogP contribution >= 0.6 is 34.4 Å². The van der Waals surface area contributed by atoms with Crippen LogP contribution in [-0.4, -0.2) is 33.1 Å². The Kier molecular flexibility index (Phi) is 10.3. The number of amides is 2. The van der Waals surface area contributed by atoms with Gasteiger partial charge in [0.25, 0.3) is 0 Å². The van der Waals surface area contributed by atoms with Gasteiger partial charge in [0.1, 0.15) is 4.75 Å². The molecule has 3 aromatic rings. The van der Waals surface area contributed by atoms with Gasteiger partial charge in [-0.2, -0.15) is 26.3 Å². The number of aliphatic hydroxyl groups is 1. The molecule has 0 aliphatic carbocycles. The lowest BCUT2D eigenvalue weighted by molar-refractivity contribution is -0.143. The monoisotopic (exact) mass is 750 g/mol. The van der Waals surface area contributed by atoms with Gasteiger partial charge in [-0.1, -0.05) is 36.8 Å². The van der Waals surface area contributed by atoms with Gasteiger partial charge in [0.2, 0.25) is 11.8 Å². The van der Waals surface area contributed by atoms with Gasteiger partial charge in [-0.05, 0) is 89.0 Å². The predicted octanol–water partition coefficient (Wildman–Crippen LogP) is 7.66. The molecular formula is C31H29F6IN2O3S. The van der Waals surface area contributed by atoms with Crippen LogP contribution in [0.5, 0.6) is 0 Å². The van der Waals surface area contributed by atoms with Gasteiger partial charge in [0, 0.05) is 21.6 Å². The lowest BCUT2D eigenvalue weighted by Crippen LogP contribution is -2.48. The Labute approximate surface area is 268 Å². The number of halogens is 7. The maximum absolute atomic E-state index is 14.1. The molecule has 0 saturated carbocycles. The van der Waals surface area contributed by atoms with Gasteiger partial charge in [0.15, 0.2) is 0 Å². The van der Waals surface area contributed by atoms with E-state index in [2.05, 4.69) is 5.32 Å². The summed E-state index contributed by atoms with van der Waals surface area (Å²) in [7, 11) is 0. The van der Waals surface area contributed by atoms with Gasteiger partial charge in [-0.15, -0.1) is 11.8 Å². The summed E-state index contributed by atoms with van der Waals surface area (Å²) in [6.45, 7) is 3.14. The second-order valence-electron chi connectivity index (χ2n) is 10.6. The third kappa shape index (κ3) is 7.36. The fourth-order valence-corrected chi connectivity index (χ4v) is 7.46. The predicted molar refractivity (Wildman–Crippen MR) is 163 cm³/mol. The quantitative estimate of drug-likeness (QED) is 0.174. The topological polar surface area (TPSA) is 69.6 Å². The van der Waals surface area contributed by atoms with Crippen LogP contribution in [0, 0.1) is 10.5 Å². The highest BCUT2D eigenvalue weighted by atomic mass is 127. The minimum Gasteiger partial charge on any atom is -0.392 e. The Morgan fingerprint density at radius 3 is 2.14 bits per heavy atom. The zero-order chi connectivity index (χ0) is 32.4. The first kappa shape index (κ1) is 34.1. The normalized spacial score (nSPS) is 19.0. The van der Waals surface area contributed by atoms with E-state index in [-0.39, 0.29) is 24.7 Å². The molecule has 2 atom stereocenters. The average Bonchev–Trinajstić information content (AvgIpc) is 3.22. The van der Waals surface area contributed by atoms with E-state index in [0.29, 0.717) is 44.7 Å². The largest absolute Gasteiger partial charge is 0.416 e. The van der Waals surface area contributed by atoms with E-state index in [4.69, 9.17) is 0 Å². The summed E-state index contributed by atoms with van der Waals surface area (Å²) in [5.41, 5.74) is -1.38. The molecule has 236 valence electrons. The highest BCUT2D eigenvalue weighted by Crippen LogP contribution is 2.54. The summed E-state index contributed by atoms with van der Waals surface area (Å²) in [5, 5.41) is 12.5. The van der Waals surface area contributed by atoms with Crippen LogP contribution in [0.15, 0.2) is 65.6 Å². The fraction of sp³-hybridized carbons (Fsp3) is 0.355. The maximum atomic E-state index is 14.1. The lowest BCUT2D eigenvalue weighted by atomic mass is 9.90. The van der Waals surface area contributed by atoms with Gasteiger partial charge >= 0.3 is 12.4 Å². The van der Waals surface area contributed by atoms with Crippen LogP contribution in [0.4, 0.5) is 26.3 Å². The number of hydrogen-bond donors (Lipinski definition) is 2. The molecule has 4 rings (SSSR count). The van der Waals surface area contributed by atoms with E-state index in [1.807, 2.05) is 48.6 Å². The SMILES string of the molecule is CCCNC(=O)[C@@]1(Sc2ccc(C)cc2)CC(=O)N(Cc2cc(C(F)(F)F)cc(C(F)(F)F)c2)[C@@H]1c1ccc(CO)cc1I. The molecule has 0 unspecified atom stereocenters. The van der Waals surface area contributed by atoms with Crippen molar-refractivity contribution in [2.24, 2.45) is 0 Å². The first-order chi connectivity index (χ1) is 20.6. The summed E-state index contributed by atoms with van der Waals surface area (Å²) in [6.07, 6.45) is -9.89. The van der Waals surface area contributed by atoms with Crippen molar-refractivity contribution < 1.29 is 41.0 Å². The number of nitrogens with zero attached hydrogens (tertiary/aromatic N) is 1. The van der Waals surface area contributed by atoms with Gasteiger partial charge < -0.3 is 15.3 Å². The van der Waals surface area contributed by atoms with Crippen LogP contribution in [0.2, 0.25) is 0 Å². The smallest absolute Gasteiger partial charge is 0.392 e. The number of benzene rings is 3. The lowest BCUT2D eigenvalue weighted by Gasteiger charge is -2.37. The van der Waals surface area contributed by atoms with Gasteiger partial charge in [-0.25, -0.2) is 0 Å². The standard InChI is InChI=1S/C31H29F6IN2O3S/c1-3-10-39-28(43)29(44-23-7-4-18(2)5-8-23)15-26(42)40(27(29)24-9-6-19(17-41)13-25(24)38)16-20-11-21(30(32,33)34)14-22(12-20)31(35,36)37/h4-9,11-14,27,41H,3,10,15-17H2,1-2H3,(H,39,43)/t27-,29-/m1/s1. The number of carbonyl (C=O) groups is 2. The van der Waals surface area contributed by atoms with E-state index in [9.17, 15) is 41.0 Å². The van der Waals surface area contributed by atoms with Crippen molar-refractivity contribution in [3.63, 3.8) is 0 Å². The number of alkyl halides is 6. The molecule has 44 heavy (non-hydrogen) atoms. The molecule has 1 aliphatic rings. The Balaban J connectivity index is 1.93. The maximum Gasteiger partial charge on any atom is 0.416 e. The first-order valence-electron chi connectivity index (χ1n) is 13.6. The van der Waals surface area contributed by atoms with E-state index < -0.39 is 52.6 Å². The highest BCUT2D eigenvalue weighted by molar-refractivity contribution is 14.1. The molecule has 0 radical (unpaired) electrons. The molecule has 1 fully saturated rings. The summed E-state index contributed by atoms with van der Waals surface area (Å²) in [5.74, 6) is -1.08. The number of likely N-dealkylation sites (tertiary alicyclic amines) is 1. The molecule has 13 heteroatoms. The number of hydrogen-bond acceptors (Lipinski definition) is 4. The van der Waals surface area contributed by atoms with Crippen molar-refractivity contribution in [1.82, 2.24) is 10.2 Å². The summed E-state index contributed by atoms with van der Waals surface area (Å²) >= 11 is 3.13. The molecule has 5 nitrogen and oxygen atoms in total. The van der Waals surface area contributed by atoms with Crippen molar-refractivity contribution in [3.8, 4) is 0 Å². The Bertz CT molecular complexity index is 1500. The van der Waals surface area contributed by atoms with Gasteiger partial charge in [0.05, 0.1) is 30.2 Å². The molecule has 2 amide bonds. The van der Waals surface area contributed by atoms with E-state index in [1.165, 1.54) is 4.90 Å².